The molecular weight excluding hydrogens is 396 g/mol. The zero-order chi connectivity index (χ0) is 19.3. The Morgan fingerprint density at radius 2 is 1.81 bits per heavy atom. The normalized spacial score (nSPS) is 11.8. The number of hydrogen-bond acceptors (Lipinski definition) is 3. The topological polar surface area (TPSA) is 67.4 Å². The molecule has 0 aliphatic rings. The number of methoxy groups -OCH3 is 1. The van der Waals surface area contributed by atoms with Gasteiger partial charge in [-0.25, -0.2) is 0 Å². The minimum atomic E-state index is -0.671. The summed E-state index contributed by atoms with van der Waals surface area (Å²) in [5, 5.41) is 5.72. The van der Waals surface area contributed by atoms with Gasteiger partial charge in [0.1, 0.15) is 11.8 Å². The van der Waals surface area contributed by atoms with Gasteiger partial charge in [0.25, 0.3) is 5.91 Å². The van der Waals surface area contributed by atoms with Crippen molar-refractivity contribution >= 4 is 33.4 Å². The summed E-state index contributed by atoms with van der Waals surface area (Å²) in [5.74, 6) is -0.210. The zero-order valence-electron chi connectivity index (χ0n) is 15.3. The van der Waals surface area contributed by atoms with Crippen molar-refractivity contribution in [3.05, 3.63) is 58.1 Å². The van der Waals surface area contributed by atoms with Gasteiger partial charge in [-0.3, -0.25) is 9.59 Å². The van der Waals surface area contributed by atoms with Crippen molar-refractivity contribution in [3.8, 4) is 5.75 Å². The molecule has 0 radical (unpaired) electrons. The SMILES string of the molecule is COc1ccccc1C(=O)NC(C(=O)Nc1ccc(Br)cc1C)C(C)C. The molecule has 2 amide bonds. The van der Waals surface area contributed by atoms with Crippen LogP contribution in [0.4, 0.5) is 5.69 Å². The van der Waals surface area contributed by atoms with Gasteiger partial charge in [0.2, 0.25) is 5.91 Å². The Balaban J connectivity index is 2.17. The fourth-order valence-corrected chi connectivity index (χ4v) is 3.04. The maximum Gasteiger partial charge on any atom is 0.255 e. The lowest BCUT2D eigenvalue weighted by molar-refractivity contribution is -0.118. The molecule has 0 fully saturated rings. The predicted octanol–water partition coefficient (Wildman–Crippen LogP) is 4.16. The van der Waals surface area contributed by atoms with E-state index in [2.05, 4.69) is 26.6 Å². The fourth-order valence-electron chi connectivity index (χ4n) is 2.56. The van der Waals surface area contributed by atoms with Crippen LogP contribution in [-0.4, -0.2) is 25.0 Å². The third-order valence-corrected chi connectivity index (χ3v) is 4.53. The van der Waals surface area contributed by atoms with Gasteiger partial charge in [0.05, 0.1) is 12.7 Å². The second-order valence-electron chi connectivity index (χ2n) is 6.34. The molecule has 0 saturated carbocycles. The molecule has 0 bridgehead atoms. The third kappa shape index (κ3) is 4.85. The van der Waals surface area contributed by atoms with E-state index in [4.69, 9.17) is 4.74 Å². The van der Waals surface area contributed by atoms with Gasteiger partial charge in [0, 0.05) is 10.2 Å². The number of aryl methyl sites for hydroxylation is 1. The Kier molecular flexibility index (Phi) is 6.80. The molecule has 1 atom stereocenters. The highest BCUT2D eigenvalue weighted by Crippen LogP contribution is 2.21. The molecule has 2 rings (SSSR count). The Morgan fingerprint density at radius 3 is 2.42 bits per heavy atom. The van der Waals surface area contributed by atoms with E-state index in [9.17, 15) is 9.59 Å². The lowest BCUT2D eigenvalue weighted by atomic mass is 10.0. The van der Waals surface area contributed by atoms with Crippen LogP contribution in [0.5, 0.6) is 5.75 Å². The fraction of sp³-hybridized carbons (Fsp3) is 0.300. The maximum atomic E-state index is 12.7. The summed E-state index contributed by atoms with van der Waals surface area (Å²) in [5.41, 5.74) is 2.05. The van der Waals surface area contributed by atoms with E-state index in [1.807, 2.05) is 39.0 Å². The van der Waals surface area contributed by atoms with E-state index in [1.54, 1.807) is 24.3 Å². The van der Waals surface area contributed by atoms with Crippen molar-refractivity contribution in [2.24, 2.45) is 5.92 Å². The monoisotopic (exact) mass is 418 g/mol. The van der Waals surface area contributed by atoms with Gasteiger partial charge < -0.3 is 15.4 Å². The summed E-state index contributed by atoms with van der Waals surface area (Å²) in [6, 6.07) is 11.9. The second kappa shape index (κ2) is 8.85. The van der Waals surface area contributed by atoms with Crippen LogP contribution in [0.3, 0.4) is 0 Å². The van der Waals surface area contributed by atoms with Crippen molar-refractivity contribution in [2.75, 3.05) is 12.4 Å². The molecule has 26 heavy (non-hydrogen) atoms. The van der Waals surface area contributed by atoms with E-state index in [0.717, 1.165) is 15.7 Å². The highest BCUT2D eigenvalue weighted by molar-refractivity contribution is 9.10. The summed E-state index contributed by atoms with van der Waals surface area (Å²) in [6.45, 7) is 5.69. The number of halogens is 1. The van der Waals surface area contributed by atoms with Crippen LogP contribution < -0.4 is 15.4 Å². The van der Waals surface area contributed by atoms with Crippen molar-refractivity contribution in [3.63, 3.8) is 0 Å². The molecule has 1 unspecified atom stereocenters. The molecular formula is C20H23BrN2O3. The second-order valence-corrected chi connectivity index (χ2v) is 7.26. The van der Waals surface area contributed by atoms with Crippen molar-refractivity contribution in [1.29, 1.82) is 0 Å². The number of para-hydroxylation sites is 1. The van der Waals surface area contributed by atoms with Crippen LogP contribution in [0.15, 0.2) is 46.9 Å². The number of nitrogens with one attached hydrogen (secondary N) is 2. The highest BCUT2D eigenvalue weighted by atomic mass is 79.9. The Bertz CT molecular complexity index is 805. The first-order chi connectivity index (χ1) is 12.3. The number of benzene rings is 2. The number of carbonyl (C=O) groups is 2. The largest absolute Gasteiger partial charge is 0.496 e. The van der Waals surface area contributed by atoms with Crippen molar-refractivity contribution < 1.29 is 14.3 Å². The molecule has 0 heterocycles. The summed E-state index contributed by atoms with van der Waals surface area (Å²) in [6.07, 6.45) is 0. The van der Waals surface area contributed by atoms with Crippen LogP contribution in [0.1, 0.15) is 29.8 Å². The van der Waals surface area contributed by atoms with E-state index in [0.29, 0.717) is 11.3 Å². The molecule has 0 aliphatic carbocycles. The lowest BCUT2D eigenvalue weighted by Crippen LogP contribution is -2.47. The number of hydrogen-bond donors (Lipinski definition) is 2. The van der Waals surface area contributed by atoms with Gasteiger partial charge in [0.15, 0.2) is 0 Å². The third-order valence-electron chi connectivity index (χ3n) is 4.03. The zero-order valence-corrected chi connectivity index (χ0v) is 16.9. The minimum absolute atomic E-state index is 0.0792. The molecule has 2 aromatic carbocycles. The smallest absolute Gasteiger partial charge is 0.255 e. The van der Waals surface area contributed by atoms with Gasteiger partial charge >= 0.3 is 0 Å². The number of rotatable bonds is 6. The van der Waals surface area contributed by atoms with Gasteiger partial charge in [-0.1, -0.05) is 41.9 Å². The van der Waals surface area contributed by atoms with Gasteiger partial charge in [-0.15, -0.1) is 0 Å². The van der Waals surface area contributed by atoms with E-state index >= 15 is 0 Å². The molecule has 138 valence electrons. The molecule has 0 spiro atoms. The van der Waals surface area contributed by atoms with Gasteiger partial charge in [-0.2, -0.15) is 0 Å². The Labute approximate surface area is 162 Å². The van der Waals surface area contributed by atoms with Crippen LogP contribution in [0.2, 0.25) is 0 Å². The molecule has 0 saturated heterocycles. The van der Waals surface area contributed by atoms with Crippen LogP contribution in [0.25, 0.3) is 0 Å². The Hall–Kier alpha value is -2.34. The first kappa shape index (κ1) is 20.0. The molecule has 6 heteroatoms. The van der Waals surface area contributed by atoms with Crippen LogP contribution in [0, 0.1) is 12.8 Å². The first-order valence-electron chi connectivity index (χ1n) is 8.34. The summed E-state index contributed by atoms with van der Waals surface area (Å²) >= 11 is 3.41. The van der Waals surface area contributed by atoms with Crippen LogP contribution in [-0.2, 0) is 4.79 Å². The first-order valence-corrected chi connectivity index (χ1v) is 9.13. The lowest BCUT2D eigenvalue weighted by Gasteiger charge is -2.22. The van der Waals surface area contributed by atoms with Gasteiger partial charge in [-0.05, 0) is 48.7 Å². The maximum absolute atomic E-state index is 12.7. The molecule has 5 nitrogen and oxygen atoms in total. The Morgan fingerprint density at radius 1 is 1.12 bits per heavy atom. The molecule has 2 aromatic rings. The quantitative estimate of drug-likeness (QED) is 0.739. The standard InChI is InChI=1S/C20H23BrN2O3/c1-12(2)18(20(25)22-16-10-9-14(21)11-13(16)3)23-19(24)15-7-5-6-8-17(15)26-4/h5-12,18H,1-4H3,(H,22,25)(H,23,24). The molecule has 0 aliphatic heterocycles. The number of anilines is 1. The molecule has 2 N–H and O–H groups in total. The highest BCUT2D eigenvalue weighted by Gasteiger charge is 2.26. The van der Waals surface area contributed by atoms with Crippen molar-refractivity contribution in [2.45, 2.75) is 26.8 Å². The number of ether oxygens (including phenoxy) is 1. The average molecular weight is 419 g/mol. The average Bonchev–Trinajstić information content (AvgIpc) is 2.61. The number of amides is 2. The summed E-state index contributed by atoms with van der Waals surface area (Å²) in [4.78, 5) is 25.4. The van der Waals surface area contributed by atoms with E-state index < -0.39 is 6.04 Å². The number of carbonyl (C=O) groups excluding carboxylic acids is 2. The van der Waals surface area contributed by atoms with Crippen LogP contribution >= 0.6 is 15.9 Å². The predicted molar refractivity (Wildman–Crippen MR) is 107 cm³/mol. The summed E-state index contributed by atoms with van der Waals surface area (Å²) in [7, 11) is 1.51. The van der Waals surface area contributed by atoms with E-state index in [1.165, 1.54) is 7.11 Å². The van der Waals surface area contributed by atoms with E-state index in [-0.39, 0.29) is 17.7 Å². The molecule has 0 aromatic heterocycles. The minimum Gasteiger partial charge on any atom is -0.496 e. The summed E-state index contributed by atoms with van der Waals surface area (Å²) < 4.78 is 6.17. The van der Waals surface area contributed by atoms with Crippen molar-refractivity contribution in [1.82, 2.24) is 5.32 Å².